The molecule has 5 nitrogen and oxygen atoms in total. The Morgan fingerprint density at radius 1 is 1.14 bits per heavy atom. The molecule has 0 spiro atoms. The highest BCUT2D eigenvalue weighted by Crippen LogP contribution is 2.42. The highest BCUT2D eigenvalue weighted by atomic mass is 15.6. The van der Waals surface area contributed by atoms with Crippen molar-refractivity contribution in [2.75, 3.05) is 14.1 Å². The van der Waals surface area contributed by atoms with Crippen molar-refractivity contribution >= 4 is 0 Å². The van der Waals surface area contributed by atoms with Crippen LogP contribution in [0.25, 0.3) is 5.69 Å². The van der Waals surface area contributed by atoms with Crippen molar-refractivity contribution in [3.63, 3.8) is 0 Å². The van der Waals surface area contributed by atoms with Gasteiger partial charge in [-0.05, 0) is 75.2 Å². The minimum atomic E-state index is -0.0686. The zero-order valence-electron chi connectivity index (χ0n) is 14.0. The molecule has 0 atom stereocenters. The highest BCUT2D eigenvalue weighted by molar-refractivity contribution is 5.34. The van der Waals surface area contributed by atoms with Crippen molar-refractivity contribution in [1.29, 1.82) is 0 Å². The number of hydrogen-bond donors (Lipinski definition) is 0. The smallest absolute Gasteiger partial charge is 0.176 e. The van der Waals surface area contributed by atoms with Crippen LogP contribution in [-0.4, -0.2) is 39.2 Å². The molecule has 2 aromatic rings. The van der Waals surface area contributed by atoms with Crippen LogP contribution in [0.1, 0.15) is 44.0 Å². The molecule has 1 fully saturated rings. The van der Waals surface area contributed by atoms with E-state index < -0.39 is 0 Å². The van der Waals surface area contributed by atoms with Crippen LogP contribution < -0.4 is 0 Å². The van der Waals surface area contributed by atoms with Crippen molar-refractivity contribution in [2.45, 2.75) is 45.1 Å². The Balaban J connectivity index is 2.03. The SMILES string of the molecule is Cc1ccc(-n2nnnc2C2(N(C)C)CCC(C)CC2)cc1. The molecule has 1 aromatic carbocycles. The lowest BCUT2D eigenvalue weighted by Gasteiger charge is -2.43. The lowest BCUT2D eigenvalue weighted by molar-refractivity contribution is 0.0698. The monoisotopic (exact) mass is 299 g/mol. The average Bonchev–Trinajstić information content (AvgIpc) is 2.99. The van der Waals surface area contributed by atoms with Crippen LogP contribution in [0.5, 0.6) is 0 Å². The van der Waals surface area contributed by atoms with E-state index in [1.165, 1.54) is 18.4 Å². The summed E-state index contributed by atoms with van der Waals surface area (Å²) >= 11 is 0. The molecule has 0 bridgehead atoms. The zero-order chi connectivity index (χ0) is 15.7. The molecule has 1 aromatic heterocycles. The van der Waals surface area contributed by atoms with Gasteiger partial charge in [0.25, 0.3) is 0 Å². The number of aryl methyl sites for hydroxylation is 1. The first-order chi connectivity index (χ1) is 10.5. The van der Waals surface area contributed by atoms with E-state index in [1.807, 2.05) is 4.68 Å². The van der Waals surface area contributed by atoms with E-state index in [0.29, 0.717) is 0 Å². The predicted molar refractivity (Wildman–Crippen MR) is 86.9 cm³/mol. The summed E-state index contributed by atoms with van der Waals surface area (Å²) in [5.41, 5.74) is 2.21. The number of hydrogen-bond acceptors (Lipinski definition) is 4. The molecule has 0 saturated heterocycles. The zero-order valence-corrected chi connectivity index (χ0v) is 14.0. The fraction of sp³-hybridized carbons (Fsp3) is 0.588. The summed E-state index contributed by atoms with van der Waals surface area (Å²) in [5.74, 6) is 1.75. The summed E-state index contributed by atoms with van der Waals surface area (Å²) in [6, 6.07) is 8.38. The molecular weight excluding hydrogens is 274 g/mol. The van der Waals surface area contributed by atoms with Crippen molar-refractivity contribution in [3.8, 4) is 5.69 Å². The molecule has 0 aliphatic heterocycles. The van der Waals surface area contributed by atoms with Crippen LogP contribution in [0.3, 0.4) is 0 Å². The Hall–Kier alpha value is -1.75. The summed E-state index contributed by atoms with van der Waals surface area (Å²) in [7, 11) is 4.29. The minimum Gasteiger partial charge on any atom is -0.297 e. The number of aromatic nitrogens is 4. The number of benzene rings is 1. The van der Waals surface area contributed by atoms with Gasteiger partial charge in [-0.2, -0.15) is 4.68 Å². The lowest BCUT2D eigenvalue weighted by atomic mass is 9.75. The Labute approximate surface area is 132 Å². The second kappa shape index (κ2) is 5.80. The molecule has 1 heterocycles. The molecule has 1 saturated carbocycles. The summed E-state index contributed by atoms with van der Waals surface area (Å²) < 4.78 is 1.91. The van der Waals surface area contributed by atoms with Crippen LogP contribution in [-0.2, 0) is 5.54 Å². The van der Waals surface area contributed by atoms with Crippen LogP contribution in [0, 0.1) is 12.8 Å². The minimum absolute atomic E-state index is 0.0686. The van der Waals surface area contributed by atoms with Gasteiger partial charge in [0.05, 0.1) is 11.2 Å². The Bertz CT molecular complexity index is 621. The molecule has 0 amide bonds. The molecule has 0 N–H and O–H groups in total. The largest absolute Gasteiger partial charge is 0.297 e. The first-order valence-electron chi connectivity index (χ1n) is 8.06. The fourth-order valence-corrected chi connectivity index (χ4v) is 3.45. The Morgan fingerprint density at radius 3 is 2.36 bits per heavy atom. The molecule has 3 rings (SSSR count). The summed E-state index contributed by atoms with van der Waals surface area (Å²) in [6.45, 7) is 4.43. The lowest BCUT2D eigenvalue weighted by Crippen LogP contribution is -2.46. The highest BCUT2D eigenvalue weighted by Gasteiger charge is 2.42. The third-order valence-electron chi connectivity index (χ3n) is 5.12. The van der Waals surface area contributed by atoms with Gasteiger partial charge in [0.2, 0.25) is 0 Å². The maximum absolute atomic E-state index is 4.42. The van der Waals surface area contributed by atoms with Gasteiger partial charge >= 0.3 is 0 Å². The second-order valence-electron chi connectivity index (χ2n) is 6.86. The van der Waals surface area contributed by atoms with Gasteiger partial charge in [0, 0.05) is 0 Å². The third-order valence-corrected chi connectivity index (χ3v) is 5.12. The van der Waals surface area contributed by atoms with Gasteiger partial charge in [0.1, 0.15) is 0 Å². The van der Waals surface area contributed by atoms with E-state index in [0.717, 1.165) is 30.3 Å². The number of nitrogens with zero attached hydrogens (tertiary/aromatic N) is 5. The summed E-state index contributed by atoms with van der Waals surface area (Å²) in [4.78, 5) is 2.30. The van der Waals surface area contributed by atoms with Gasteiger partial charge in [-0.25, -0.2) is 0 Å². The van der Waals surface area contributed by atoms with Crippen LogP contribution in [0.2, 0.25) is 0 Å². The van der Waals surface area contributed by atoms with E-state index in [2.05, 4.69) is 72.6 Å². The number of rotatable bonds is 3. The van der Waals surface area contributed by atoms with Crippen molar-refractivity contribution in [3.05, 3.63) is 35.7 Å². The first kappa shape index (κ1) is 15.2. The molecule has 22 heavy (non-hydrogen) atoms. The van der Waals surface area contributed by atoms with Crippen molar-refractivity contribution < 1.29 is 0 Å². The van der Waals surface area contributed by atoms with E-state index >= 15 is 0 Å². The van der Waals surface area contributed by atoms with Crippen LogP contribution >= 0.6 is 0 Å². The van der Waals surface area contributed by atoms with Crippen molar-refractivity contribution in [2.24, 2.45) is 5.92 Å². The van der Waals surface area contributed by atoms with Gasteiger partial charge in [-0.3, -0.25) is 4.90 Å². The van der Waals surface area contributed by atoms with E-state index in [9.17, 15) is 0 Å². The average molecular weight is 299 g/mol. The van der Waals surface area contributed by atoms with Gasteiger partial charge < -0.3 is 0 Å². The maximum Gasteiger partial charge on any atom is 0.176 e. The van der Waals surface area contributed by atoms with Crippen LogP contribution in [0.15, 0.2) is 24.3 Å². The second-order valence-corrected chi connectivity index (χ2v) is 6.86. The summed E-state index contributed by atoms with van der Waals surface area (Å²) in [6.07, 6.45) is 4.65. The Morgan fingerprint density at radius 2 is 1.77 bits per heavy atom. The normalized spacial score (nSPS) is 25.6. The van der Waals surface area contributed by atoms with Gasteiger partial charge in [-0.1, -0.05) is 24.6 Å². The molecule has 0 radical (unpaired) electrons. The number of tetrazole rings is 1. The van der Waals surface area contributed by atoms with E-state index in [-0.39, 0.29) is 5.54 Å². The van der Waals surface area contributed by atoms with Gasteiger partial charge in [0.15, 0.2) is 5.82 Å². The molecule has 5 heteroatoms. The quantitative estimate of drug-likeness (QED) is 0.874. The molecule has 118 valence electrons. The van der Waals surface area contributed by atoms with Gasteiger partial charge in [-0.15, -0.1) is 5.10 Å². The molecule has 1 aliphatic carbocycles. The summed E-state index contributed by atoms with van der Waals surface area (Å²) in [5, 5.41) is 12.7. The maximum atomic E-state index is 4.42. The Kier molecular flexibility index (Phi) is 4.00. The van der Waals surface area contributed by atoms with E-state index in [4.69, 9.17) is 0 Å². The third kappa shape index (κ3) is 2.54. The van der Waals surface area contributed by atoms with E-state index in [1.54, 1.807) is 0 Å². The molecule has 1 aliphatic rings. The molecular formula is C17H25N5. The fourth-order valence-electron chi connectivity index (χ4n) is 3.45. The molecule has 0 unspecified atom stereocenters. The topological polar surface area (TPSA) is 46.8 Å². The first-order valence-corrected chi connectivity index (χ1v) is 8.06. The van der Waals surface area contributed by atoms with Crippen LogP contribution in [0.4, 0.5) is 0 Å². The standard InChI is InChI=1S/C17H25N5/c1-13-5-7-15(8-6-13)22-16(18-19-20-22)17(21(3)4)11-9-14(2)10-12-17/h5-8,14H,9-12H2,1-4H3. The van der Waals surface area contributed by atoms with Crippen molar-refractivity contribution in [1.82, 2.24) is 25.1 Å². The predicted octanol–water partition coefficient (Wildman–Crippen LogP) is 2.94.